The van der Waals surface area contributed by atoms with Crippen molar-refractivity contribution in [3.63, 3.8) is 0 Å². The fourth-order valence-electron chi connectivity index (χ4n) is 2.82. The molecule has 0 saturated carbocycles. The molecule has 0 atom stereocenters. The molecule has 0 spiro atoms. The average Bonchev–Trinajstić information content (AvgIpc) is 2.74. The summed E-state index contributed by atoms with van der Waals surface area (Å²) in [5.74, 6) is -0.240. The van der Waals surface area contributed by atoms with Crippen LogP contribution in [0.15, 0.2) is 65.6 Å². The van der Waals surface area contributed by atoms with Crippen LogP contribution in [0, 0.1) is 12.7 Å². The zero-order chi connectivity index (χ0) is 22.6. The molecule has 6 nitrogen and oxygen atoms in total. The topological polar surface area (TPSA) is 84.5 Å². The first-order valence-electron chi connectivity index (χ1n) is 9.19. The van der Waals surface area contributed by atoms with Crippen LogP contribution < -0.4 is 14.8 Å². The van der Waals surface area contributed by atoms with Crippen LogP contribution in [0.3, 0.4) is 0 Å². The van der Waals surface area contributed by atoms with E-state index in [0.29, 0.717) is 0 Å². The Labute approximate surface area is 185 Å². The second kappa shape index (κ2) is 9.36. The molecule has 0 saturated heterocycles. The number of halogens is 2. The fourth-order valence-corrected chi connectivity index (χ4v) is 4.11. The van der Waals surface area contributed by atoms with Crippen LogP contribution >= 0.6 is 11.6 Å². The predicted octanol–water partition coefficient (Wildman–Crippen LogP) is 4.53. The van der Waals surface area contributed by atoms with Crippen LogP contribution in [-0.2, 0) is 16.6 Å². The van der Waals surface area contributed by atoms with Crippen molar-refractivity contribution in [3.8, 4) is 5.75 Å². The van der Waals surface area contributed by atoms with Gasteiger partial charge in [-0.25, -0.2) is 12.8 Å². The Morgan fingerprint density at radius 2 is 1.77 bits per heavy atom. The van der Waals surface area contributed by atoms with E-state index in [-0.39, 0.29) is 27.7 Å². The lowest BCUT2D eigenvalue weighted by molar-refractivity contribution is 0.0951. The molecule has 3 aromatic rings. The van der Waals surface area contributed by atoms with Crippen molar-refractivity contribution in [2.24, 2.45) is 0 Å². The molecule has 3 aromatic carbocycles. The van der Waals surface area contributed by atoms with Gasteiger partial charge in [0.2, 0.25) is 0 Å². The van der Waals surface area contributed by atoms with Gasteiger partial charge >= 0.3 is 0 Å². The van der Waals surface area contributed by atoms with Crippen molar-refractivity contribution in [1.29, 1.82) is 0 Å². The van der Waals surface area contributed by atoms with Gasteiger partial charge in [-0.3, -0.25) is 9.52 Å². The third kappa shape index (κ3) is 5.53. The summed E-state index contributed by atoms with van der Waals surface area (Å²) in [6.45, 7) is 2.18. The minimum atomic E-state index is -4.01. The molecule has 9 heteroatoms. The lowest BCUT2D eigenvalue weighted by Gasteiger charge is -2.12. The molecule has 31 heavy (non-hydrogen) atoms. The number of nitrogens with one attached hydrogen (secondary N) is 2. The van der Waals surface area contributed by atoms with Crippen molar-refractivity contribution in [1.82, 2.24) is 5.32 Å². The normalized spacial score (nSPS) is 11.1. The number of hydrogen-bond acceptors (Lipinski definition) is 4. The molecule has 0 aliphatic rings. The molecule has 2 N–H and O–H groups in total. The van der Waals surface area contributed by atoms with Gasteiger partial charge in [0.05, 0.1) is 22.7 Å². The van der Waals surface area contributed by atoms with E-state index in [1.807, 2.05) is 25.1 Å². The maximum absolute atomic E-state index is 13.1. The molecule has 0 aliphatic heterocycles. The Hall–Kier alpha value is -3.10. The van der Waals surface area contributed by atoms with Gasteiger partial charge in [-0.05, 0) is 66.6 Å². The highest BCUT2D eigenvalue weighted by Gasteiger charge is 2.17. The summed E-state index contributed by atoms with van der Waals surface area (Å²) in [4.78, 5) is 12.4. The lowest BCUT2D eigenvalue weighted by Crippen LogP contribution is -2.23. The van der Waals surface area contributed by atoms with Gasteiger partial charge in [0.25, 0.3) is 15.9 Å². The van der Waals surface area contributed by atoms with E-state index in [2.05, 4.69) is 10.0 Å². The lowest BCUT2D eigenvalue weighted by atomic mass is 10.1. The summed E-state index contributed by atoms with van der Waals surface area (Å²) in [6.07, 6.45) is 0. The summed E-state index contributed by atoms with van der Waals surface area (Å²) in [6, 6.07) is 14.2. The molecule has 0 unspecified atom stereocenters. The Morgan fingerprint density at radius 3 is 2.45 bits per heavy atom. The van der Waals surface area contributed by atoms with E-state index in [0.717, 1.165) is 41.1 Å². The van der Waals surface area contributed by atoms with Crippen molar-refractivity contribution < 1.29 is 22.3 Å². The third-order valence-electron chi connectivity index (χ3n) is 4.52. The number of carbonyl (C=O) groups excluding carboxylic acids is 1. The van der Waals surface area contributed by atoms with Gasteiger partial charge in [-0.2, -0.15) is 0 Å². The largest absolute Gasteiger partial charge is 0.496 e. The first-order chi connectivity index (χ1) is 14.7. The first-order valence-corrected chi connectivity index (χ1v) is 11.1. The van der Waals surface area contributed by atoms with E-state index in [1.54, 1.807) is 7.11 Å². The van der Waals surface area contributed by atoms with Gasteiger partial charge in [0.15, 0.2) is 0 Å². The first kappa shape index (κ1) is 22.6. The predicted molar refractivity (Wildman–Crippen MR) is 118 cm³/mol. The SMILES string of the molecule is COc1cc(CNC(=O)c2ccc(Cl)c(NS(=O)(=O)c3ccc(F)cc3)c2)ccc1C. The highest BCUT2D eigenvalue weighted by molar-refractivity contribution is 7.92. The van der Waals surface area contributed by atoms with Crippen LogP contribution in [0.5, 0.6) is 5.75 Å². The Kier molecular flexibility index (Phi) is 6.82. The van der Waals surface area contributed by atoms with Crippen molar-refractivity contribution in [2.75, 3.05) is 11.8 Å². The minimum absolute atomic E-state index is 0.0376. The molecule has 162 valence electrons. The third-order valence-corrected chi connectivity index (χ3v) is 6.23. The number of benzene rings is 3. The molecular weight excluding hydrogens is 443 g/mol. The van der Waals surface area contributed by atoms with E-state index >= 15 is 0 Å². The van der Waals surface area contributed by atoms with Crippen LogP contribution in [-0.4, -0.2) is 21.4 Å². The molecular formula is C22H20ClFN2O4S. The number of carbonyl (C=O) groups is 1. The van der Waals surface area contributed by atoms with Gasteiger partial charge in [-0.15, -0.1) is 0 Å². The summed E-state index contributed by atoms with van der Waals surface area (Å²) < 4.78 is 45.8. The second-order valence-corrected chi connectivity index (χ2v) is 8.83. The zero-order valence-electron chi connectivity index (χ0n) is 16.8. The number of ether oxygens (including phenoxy) is 1. The molecule has 1 amide bonds. The summed E-state index contributed by atoms with van der Waals surface area (Å²) in [5.41, 5.74) is 2.09. The number of methoxy groups -OCH3 is 1. The van der Waals surface area contributed by atoms with Crippen molar-refractivity contribution in [3.05, 3.63) is 88.2 Å². The van der Waals surface area contributed by atoms with Crippen molar-refractivity contribution in [2.45, 2.75) is 18.4 Å². The van der Waals surface area contributed by atoms with Gasteiger partial charge in [-0.1, -0.05) is 23.7 Å². The van der Waals surface area contributed by atoms with Crippen LogP contribution in [0.2, 0.25) is 5.02 Å². The van der Waals surface area contributed by atoms with Crippen LogP contribution in [0.25, 0.3) is 0 Å². The van der Waals surface area contributed by atoms with E-state index in [9.17, 15) is 17.6 Å². The molecule has 0 bridgehead atoms. The monoisotopic (exact) mass is 462 g/mol. The maximum Gasteiger partial charge on any atom is 0.261 e. The summed E-state index contributed by atoms with van der Waals surface area (Å²) in [5, 5.41) is 2.89. The number of amides is 1. The number of sulfonamides is 1. The number of aryl methyl sites for hydroxylation is 1. The zero-order valence-corrected chi connectivity index (χ0v) is 18.4. The van der Waals surface area contributed by atoms with Crippen molar-refractivity contribution >= 4 is 33.2 Å². The number of anilines is 1. The van der Waals surface area contributed by atoms with Crippen LogP contribution in [0.4, 0.5) is 10.1 Å². The molecule has 0 heterocycles. The average molecular weight is 463 g/mol. The molecule has 0 aromatic heterocycles. The quantitative estimate of drug-likeness (QED) is 0.540. The summed E-state index contributed by atoms with van der Waals surface area (Å²) >= 11 is 6.11. The maximum atomic E-state index is 13.1. The highest BCUT2D eigenvalue weighted by atomic mass is 35.5. The minimum Gasteiger partial charge on any atom is -0.496 e. The fraction of sp³-hybridized carbons (Fsp3) is 0.136. The number of hydrogen-bond donors (Lipinski definition) is 2. The van der Waals surface area contributed by atoms with E-state index < -0.39 is 21.7 Å². The van der Waals surface area contributed by atoms with Gasteiger partial charge in [0.1, 0.15) is 11.6 Å². The van der Waals surface area contributed by atoms with E-state index in [1.165, 1.54) is 18.2 Å². The highest BCUT2D eigenvalue weighted by Crippen LogP contribution is 2.26. The van der Waals surface area contributed by atoms with Crippen LogP contribution in [0.1, 0.15) is 21.5 Å². The number of rotatable bonds is 7. The Balaban J connectivity index is 1.75. The standard InChI is InChI=1S/C22H20ClFN2O4S/c1-14-3-4-15(11-21(14)30-2)13-25-22(27)16-5-10-19(23)20(12-16)26-31(28,29)18-8-6-17(24)7-9-18/h3-12,26H,13H2,1-2H3,(H,25,27). The van der Waals surface area contributed by atoms with Gasteiger partial charge < -0.3 is 10.1 Å². The Morgan fingerprint density at radius 1 is 1.06 bits per heavy atom. The summed E-state index contributed by atoms with van der Waals surface area (Å²) in [7, 11) is -2.43. The molecule has 3 rings (SSSR count). The Bertz CT molecular complexity index is 1210. The molecule has 0 fully saturated rings. The van der Waals surface area contributed by atoms with E-state index in [4.69, 9.17) is 16.3 Å². The molecule has 0 aliphatic carbocycles. The van der Waals surface area contributed by atoms with Gasteiger partial charge in [0, 0.05) is 12.1 Å². The second-order valence-electron chi connectivity index (χ2n) is 6.74. The smallest absolute Gasteiger partial charge is 0.261 e. The molecule has 0 radical (unpaired) electrons.